The zero-order valence-electron chi connectivity index (χ0n) is 9.26. The molecule has 0 amide bonds. The fraction of sp³-hybridized carbons (Fsp3) is 0.500. The van der Waals surface area contributed by atoms with E-state index in [0.717, 1.165) is 12.0 Å². The quantitative estimate of drug-likeness (QED) is 0.874. The molecule has 0 aromatic heterocycles. The van der Waals surface area contributed by atoms with E-state index in [4.69, 9.17) is 0 Å². The van der Waals surface area contributed by atoms with Gasteiger partial charge in [0, 0.05) is 6.26 Å². The lowest BCUT2D eigenvalue weighted by Crippen LogP contribution is -2.01. The molecule has 0 bridgehead atoms. The highest BCUT2D eigenvalue weighted by Crippen LogP contribution is 2.37. The SMILES string of the molecule is CS(=O)(=O)c1ccc(C(O)CC2CC2)cc1. The second-order valence-corrected chi connectivity index (χ2v) is 6.55. The van der Waals surface area contributed by atoms with Crippen molar-refractivity contribution in [2.75, 3.05) is 6.26 Å². The molecule has 16 heavy (non-hydrogen) atoms. The second kappa shape index (κ2) is 4.18. The van der Waals surface area contributed by atoms with Crippen molar-refractivity contribution < 1.29 is 13.5 Å². The first kappa shape index (κ1) is 11.6. The molecule has 1 unspecified atom stereocenters. The Morgan fingerprint density at radius 3 is 2.31 bits per heavy atom. The summed E-state index contributed by atoms with van der Waals surface area (Å²) in [6.45, 7) is 0. The molecule has 1 aliphatic carbocycles. The molecule has 0 heterocycles. The number of aliphatic hydroxyl groups excluding tert-OH is 1. The van der Waals surface area contributed by atoms with Crippen molar-refractivity contribution in [1.82, 2.24) is 0 Å². The maximum absolute atomic E-state index is 11.2. The summed E-state index contributed by atoms with van der Waals surface area (Å²) in [4.78, 5) is 0.301. The van der Waals surface area contributed by atoms with Gasteiger partial charge in [0.25, 0.3) is 0 Å². The Morgan fingerprint density at radius 2 is 1.88 bits per heavy atom. The molecule has 1 aromatic carbocycles. The van der Waals surface area contributed by atoms with Crippen LogP contribution in [0.3, 0.4) is 0 Å². The van der Waals surface area contributed by atoms with E-state index in [1.807, 2.05) is 0 Å². The van der Waals surface area contributed by atoms with E-state index in [9.17, 15) is 13.5 Å². The van der Waals surface area contributed by atoms with Gasteiger partial charge in [0.15, 0.2) is 9.84 Å². The largest absolute Gasteiger partial charge is 0.388 e. The van der Waals surface area contributed by atoms with Crippen molar-refractivity contribution in [2.45, 2.75) is 30.3 Å². The summed E-state index contributed by atoms with van der Waals surface area (Å²) in [6, 6.07) is 6.51. The average molecular weight is 240 g/mol. The minimum atomic E-state index is -3.14. The normalized spacial score (nSPS) is 18.4. The topological polar surface area (TPSA) is 54.4 Å². The highest BCUT2D eigenvalue weighted by atomic mass is 32.2. The van der Waals surface area contributed by atoms with Gasteiger partial charge >= 0.3 is 0 Å². The highest BCUT2D eigenvalue weighted by molar-refractivity contribution is 7.90. The van der Waals surface area contributed by atoms with Crippen LogP contribution in [0.5, 0.6) is 0 Å². The maximum atomic E-state index is 11.2. The first-order valence-corrected chi connectivity index (χ1v) is 7.34. The standard InChI is InChI=1S/C12H16O3S/c1-16(14,15)11-6-4-10(5-7-11)12(13)8-9-2-3-9/h4-7,9,12-13H,2-3,8H2,1H3. The lowest BCUT2D eigenvalue weighted by Gasteiger charge is -2.10. The van der Waals surface area contributed by atoms with E-state index >= 15 is 0 Å². The van der Waals surface area contributed by atoms with E-state index in [0.29, 0.717) is 10.8 Å². The summed E-state index contributed by atoms with van der Waals surface area (Å²) in [6.07, 6.45) is 3.93. The van der Waals surface area contributed by atoms with Gasteiger partial charge in [-0.3, -0.25) is 0 Å². The molecule has 0 radical (unpaired) electrons. The highest BCUT2D eigenvalue weighted by Gasteiger charge is 2.25. The minimum absolute atomic E-state index is 0.301. The third kappa shape index (κ3) is 2.83. The number of benzene rings is 1. The summed E-state index contributed by atoms with van der Waals surface area (Å²) in [5.41, 5.74) is 0.805. The van der Waals surface area contributed by atoms with E-state index in [2.05, 4.69) is 0 Å². The van der Waals surface area contributed by atoms with Gasteiger partial charge in [-0.25, -0.2) is 8.42 Å². The molecule has 1 saturated carbocycles. The molecule has 0 saturated heterocycles. The first-order valence-electron chi connectivity index (χ1n) is 5.45. The van der Waals surface area contributed by atoms with E-state index in [-0.39, 0.29) is 0 Å². The van der Waals surface area contributed by atoms with Crippen molar-refractivity contribution in [1.29, 1.82) is 0 Å². The van der Waals surface area contributed by atoms with Crippen LogP contribution in [-0.2, 0) is 9.84 Å². The monoisotopic (exact) mass is 240 g/mol. The van der Waals surface area contributed by atoms with Gasteiger partial charge in [-0.15, -0.1) is 0 Å². The van der Waals surface area contributed by atoms with Crippen LogP contribution in [0.15, 0.2) is 29.2 Å². The number of hydrogen-bond acceptors (Lipinski definition) is 3. The second-order valence-electron chi connectivity index (χ2n) is 4.54. The van der Waals surface area contributed by atoms with E-state index < -0.39 is 15.9 Å². The molecule has 0 spiro atoms. The van der Waals surface area contributed by atoms with Gasteiger partial charge in [0.05, 0.1) is 11.0 Å². The molecule has 1 fully saturated rings. The predicted octanol–water partition coefficient (Wildman–Crippen LogP) is 1.92. The van der Waals surface area contributed by atoms with Crippen LogP contribution in [0.4, 0.5) is 0 Å². The first-order chi connectivity index (χ1) is 7.47. The van der Waals surface area contributed by atoms with Gasteiger partial charge in [0.1, 0.15) is 0 Å². The van der Waals surface area contributed by atoms with Gasteiger partial charge < -0.3 is 5.11 Å². The molecule has 1 N–H and O–H groups in total. The van der Waals surface area contributed by atoms with Gasteiger partial charge in [-0.1, -0.05) is 25.0 Å². The summed E-state index contributed by atoms with van der Waals surface area (Å²) in [5, 5.41) is 9.88. The Hall–Kier alpha value is -0.870. The van der Waals surface area contributed by atoms with Crippen molar-refractivity contribution in [3.63, 3.8) is 0 Å². The zero-order valence-corrected chi connectivity index (χ0v) is 10.1. The molecule has 1 aromatic rings. The number of aliphatic hydroxyl groups is 1. The summed E-state index contributed by atoms with van der Waals surface area (Å²) in [7, 11) is -3.14. The fourth-order valence-corrected chi connectivity index (χ4v) is 2.37. The predicted molar refractivity (Wildman–Crippen MR) is 61.9 cm³/mol. The number of hydrogen-bond donors (Lipinski definition) is 1. The fourth-order valence-electron chi connectivity index (χ4n) is 1.74. The van der Waals surface area contributed by atoms with Crippen LogP contribution >= 0.6 is 0 Å². The molecule has 4 heteroatoms. The van der Waals surface area contributed by atoms with Crippen LogP contribution < -0.4 is 0 Å². The molecule has 1 atom stereocenters. The number of rotatable bonds is 4. The summed E-state index contributed by atoms with van der Waals surface area (Å²) in [5.74, 6) is 0.657. The Kier molecular flexibility index (Phi) is 3.04. The molecule has 88 valence electrons. The Labute approximate surface area is 96.0 Å². The summed E-state index contributed by atoms with van der Waals surface area (Å²) >= 11 is 0. The van der Waals surface area contributed by atoms with Crippen LogP contribution in [0.25, 0.3) is 0 Å². The molecule has 2 rings (SSSR count). The van der Waals surface area contributed by atoms with Crippen molar-refractivity contribution in [3.05, 3.63) is 29.8 Å². The Balaban J connectivity index is 2.11. The van der Waals surface area contributed by atoms with E-state index in [1.54, 1.807) is 24.3 Å². The Bertz CT molecular complexity index is 458. The van der Waals surface area contributed by atoms with Gasteiger partial charge in [-0.2, -0.15) is 0 Å². The van der Waals surface area contributed by atoms with E-state index in [1.165, 1.54) is 19.1 Å². The molecular weight excluding hydrogens is 224 g/mol. The minimum Gasteiger partial charge on any atom is -0.388 e. The van der Waals surface area contributed by atoms with Crippen molar-refractivity contribution in [2.24, 2.45) is 5.92 Å². The number of sulfone groups is 1. The third-order valence-electron chi connectivity index (χ3n) is 2.95. The molecular formula is C12H16O3S. The molecule has 0 aliphatic heterocycles. The van der Waals surface area contributed by atoms with Crippen LogP contribution in [0, 0.1) is 5.92 Å². The van der Waals surface area contributed by atoms with Crippen LogP contribution in [-0.4, -0.2) is 19.8 Å². The smallest absolute Gasteiger partial charge is 0.175 e. The zero-order chi connectivity index (χ0) is 11.8. The Morgan fingerprint density at radius 1 is 1.31 bits per heavy atom. The molecule has 1 aliphatic rings. The average Bonchev–Trinajstić information content (AvgIpc) is 3.00. The van der Waals surface area contributed by atoms with Crippen LogP contribution in [0.2, 0.25) is 0 Å². The lowest BCUT2D eigenvalue weighted by molar-refractivity contribution is 0.160. The van der Waals surface area contributed by atoms with Crippen molar-refractivity contribution >= 4 is 9.84 Å². The van der Waals surface area contributed by atoms with Crippen molar-refractivity contribution in [3.8, 4) is 0 Å². The van der Waals surface area contributed by atoms with Gasteiger partial charge in [-0.05, 0) is 30.0 Å². The van der Waals surface area contributed by atoms with Crippen LogP contribution in [0.1, 0.15) is 30.9 Å². The molecule has 3 nitrogen and oxygen atoms in total. The lowest BCUT2D eigenvalue weighted by atomic mass is 10.0. The summed E-state index contributed by atoms with van der Waals surface area (Å²) < 4.78 is 22.5. The third-order valence-corrected chi connectivity index (χ3v) is 4.08. The van der Waals surface area contributed by atoms with Gasteiger partial charge in [0.2, 0.25) is 0 Å². The maximum Gasteiger partial charge on any atom is 0.175 e.